The van der Waals surface area contributed by atoms with Gasteiger partial charge in [-0.15, -0.1) is 0 Å². The third-order valence-electron chi connectivity index (χ3n) is 4.04. The maximum Gasteiger partial charge on any atom is 0.227 e. The molecular weight excluding hydrogens is 231 g/mol. The molecule has 18 heavy (non-hydrogen) atoms. The molecule has 0 bridgehead atoms. The van der Waals surface area contributed by atoms with Crippen molar-refractivity contribution in [2.45, 2.75) is 12.8 Å². The highest BCUT2D eigenvalue weighted by molar-refractivity contribution is 5.79. The van der Waals surface area contributed by atoms with Crippen molar-refractivity contribution >= 4 is 5.91 Å². The van der Waals surface area contributed by atoms with Crippen LogP contribution in [0.2, 0.25) is 0 Å². The molecule has 1 aromatic carbocycles. The van der Waals surface area contributed by atoms with E-state index in [-0.39, 0.29) is 18.1 Å². The van der Waals surface area contributed by atoms with E-state index in [2.05, 4.69) is 5.32 Å². The van der Waals surface area contributed by atoms with Crippen LogP contribution in [0.5, 0.6) is 0 Å². The van der Waals surface area contributed by atoms with Gasteiger partial charge in [0.2, 0.25) is 5.91 Å². The molecule has 0 aromatic heterocycles. The lowest BCUT2D eigenvalue weighted by Gasteiger charge is -2.47. The molecule has 0 atom stereocenters. The highest BCUT2D eigenvalue weighted by Crippen LogP contribution is 2.36. The monoisotopic (exact) mass is 248 g/mol. The highest BCUT2D eigenvalue weighted by Gasteiger charge is 2.46. The first-order valence-corrected chi connectivity index (χ1v) is 6.40. The van der Waals surface area contributed by atoms with Crippen molar-refractivity contribution in [1.82, 2.24) is 10.2 Å². The second-order valence-corrected chi connectivity index (χ2v) is 5.44. The maximum atomic E-state index is 13.4. The van der Waals surface area contributed by atoms with Gasteiger partial charge in [-0.2, -0.15) is 0 Å². The van der Waals surface area contributed by atoms with E-state index in [4.69, 9.17) is 0 Å². The van der Waals surface area contributed by atoms with Gasteiger partial charge in [0.05, 0.1) is 6.42 Å². The number of amides is 1. The summed E-state index contributed by atoms with van der Waals surface area (Å²) < 4.78 is 13.4. The van der Waals surface area contributed by atoms with Crippen LogP contribution in [-0.2, 0) is 11.2 Å². The van der Waals surface area contributed by atoms with Gasteiger partial charge in [0.1, 0.15) is 5.82 Å². The minimum Gasteiger partial charge on any atom is -0.341 e. The summed E-state index contributed by atoms with van der Waals surface area (Å²) in [5.41, 5.74) is 0.804. The molecule has 3 nitrogen and oxygen atoms in total. The van der Waals surface area contributed by atoms with E-state index in [1.165, 1.54) is 6.07 Å². The van der Waals surface area contributed by atoms with E-state index in [9.17, 15) is 9.18 Å². The molecule has 2 aliphatic heterocycles. The van der Waals surface area contributed by atoms with Gasteiger partial charge in [-0.3, -0.25) is 4.79 Å². The molecule has 0 saturated carbocycles. The Balaban J connectivity index is 1.59. The number of halogens is 1. The van der Waals surface area contributed by atoms with Crippen LogP contribution >= 0.6 is 0 Å². The Labute approximate surface area is 106 Å². The first-order valence-electron chi connectivity index (χ1n) is 6.40. The largest absolute Gasteiger partial charge is 0.341 e. The fourth-order valence-corrected chi connectivity index (χ4v) is 2.92. The summed E-state index contributed by atoms with van der Waals surface area (Å²) in [5.74, 6) is -0.249. The quantitative estimate of drug-likeness (QED) is 0.852. The highest BCUT2D eigenvalue weighted by atomic mass is 19.1. The summed E-state index contributed by atoms with van der Waals surface area (Å²) in [4.78, 5) is 13.9. The van der Waals surface area contributed by atoms with Gasteiger partial charge in [0, 0.05) is 25.0 Å². The van der Waals surface area contributed by atoms with E-state index >= 15 is 0 Å². The maximum absolute atomic E-state index is 13.4. The molecule has 96 valence electrons. The Hall–Kier alpha value is -1.42. The SMILES string of the molecule is O=C(Cc1ccccc1F)N1CC2(CCNC2)C1. The summed E-state index contributed by atoms with van der Waals surface area (Å²) in [6, 6.07) is 6.50. The van der Waals surface area contributed by atoms with Crippen molar-refractivity contribution in [2.75, 3.05) is 26.2 Å². The number of rotatable bonds is 2. The zero-order valence-electron chi connectivity index (χ0n) is 10.3. The van der Waals surface area contributed by atoms with Gasteiger partial charge in [-0.05, 0) is 24.6 Å². The van der Waals surface area contributed by atoms with E-state index in [0.717, 1.165) is 32.6 Å². The lowest BCUT2D eigenvalue weighted by atomic mass is 9.79. The van der Waals surface area contributed by atoms with Gasteiger partial charge in [0.15, 0.2) is 0 Å². The molecule has 1 spiro atoms. The fourth-order valence-electron chi connectivity index (χ4n) is 2.92. The summed E-state index contributed by atoms with van der Waals surface area (Å²) in [5, 5.41) is 3.34. The fraction of sp³-hybridized carbons (Fsp3) is 0.500. The topological polar surface area (TPSA) is 32.3 Å². The van der Waals surface area contributed by atoms with E-state index in [0.29, 0.717) is 11.0 Å². The van der Waals surface area contributed by atoms with Crippen LogP contribution in [0.25, 0.3) is 0 Å². The van der Waals surface area contributed by atoms with Crippen LogP contribution < -0.4 is 5.32 Å². The number of carbonyl (C=O) groups excluding carboxylic acids is 1. The van der Waals surface area contributed by atoms with E-state index in [1.54, 1.807) is 18.2 Å². The molecule has 1 amide bonds. The van der Waals surface area contributed by atoms with Gasteiger partial charge in [0.25, 0.3) is 0 Å². The number of carbonyl (C=O) groups is 1. The summed E-state index contributed by atoms with van der Waals surface area (Å²) in [6.07, 6.45) is 1.33. The molecule has 0 aliphatic carbocycles. The number of nitrogens with one attached hydrogen (secondary N) is 1. The van der Waals surface area contributed by atoms with Gasteiger partial charge in [-0.1, -0.05) is 18.2 Å². The van der Waals surface area contributed by atoms with Crippen LogP contribution in [0.1, 0.15) is 12.0 Å². The summed E-state index contributed by atoms with van der Waals surface area (Å²) in [6.45, 7) is 3.71. The second kappa shape index (κ2) is 4.35. The molecule has 4 heteroatoms. The molecule has 2 saturated heterocycles. The van der Waals surface area contributed by atoms with Crippen molar-refractivity contribution < 1.29 is 9.18 Å². The van der Waals surface area contributed by atoms with Crippen LogP contribution in [0.15, 0.2) is 24.3 Å². The standard InChI is InChI=1S/C14H17FN2O/c15-12-4-2-1-3-11(12)7-13(18)17-9-14(10-17)5-6-16-8-14/h1-4,16H,5-10H2. The van der Waals surface area contributed by atoms with Crippen LogP contribution in [-0.4, -0.2) is 37.0 Å². The lowest BCUT2D eigenvalue weighted by molar-refractivity contribution is -0.141. The third-order valence-corrected chi connectivity index (χ3v) is 4.04. The van der Waals surface area contributed by atoms with Gasteiger partial charge >= 0.3 is 0 Å². The Morgan fingerprint density at radius 3 is 2.83 bits per heavy atom. The molecule has 2 heterocycles. The summed E-state index contributed by atoms with van der Waals surface area (Å²) in [7, 11) is 0. The average molecular weight is 248 g/mol. The van der Waals surface area contributed by atoms with Gasteiger partial charge < -0.3 is 10.2 Å². The van der Waals surface area contributed by atoms with Crippen LogP contribution in [0.4, 0.5) is 4.39 Å². The summed E-state index contributed by atoms with van der Waals surface area (Å²) >= 11 is 0. The molecule has 0 unspecified atom stereocenters. The minimum absolute atomic E-state index is 0.0395. The zero-order valence-corrected chi connectivity index (χ0v) is 10.3. The van der Waals surface area contributed by atoms with Crippen molar-refractivity contribution in [2.24, 2.45) is 5.41 Å². The number of likely N-dealkylation sites (tertiary alicyclic amines) is 1. The van der Waals surface area contributed by atoms with Crippen molar-refractivity contribution in [3.8, 4) is 0 Å². The molecule has 3 rings (SSSR count). The first-order chi connectivity index (χ1) is 8.69. The average Bonchev–Trinajstić information content (AvgIpc) is 2.79. The van der Waals surface area contributed by atoms with E-state index < -0.39 is 0 Å². The van der Waals surface area contributed by atoms with Crippen LogP contribution in [0, 0.1) is 11.2 Å². The Morgan fingerprint density at radius 1 is 1.39 bits per heavy atom. The number of hydrogen-bond acceptors (Lipinski definition) is 2. The normalized spacial score (nSPS) is 21.1. The third kappa shape index (κ3) is 2.01. The van der Waals surface area contributed by atoms with Crippen molar-refractivity contribution in [3.05, 3.63) is 35.6 Å². The molecule has 2 aliphatic rings. The molecule has 1 N–H and O–H groups in total. The van der Waals surface area contributed by atoms with Crippen molar-refractivity contribution in [3.63, 3.8) is 0 Å². The smallest absolute Gasteiger partial charge is 0.227 e. The second-order valence-electron chi connectivity index (χ2n) is 5.44. The number of nitrogens with zero attached hydrogens (tertiary/aromatic N) is 1. The Morgan fingerprint density at radius 2 is 2.17 bits per heavy atom. The molecule has 1 aromatic rings. The zero-order chi connectivity index (χ0) is 12.6. The van der Waals surface area contributed by atoms with E-state index in [1.807, 2.05) is 4.90 Å². The number of benzene rings is 1. The Kier molecular flexibility index (Phi) is 2.82. The van der Waals surface area contributed by atoms with Crippen LogP contribution in [0.3, 0.4) is 0 Å². The number of hydrogen-bond donors (Lipinski definition) is 1. The minimum atomic E-state index is -0.288. The lowest BCUT2D eigenvalue weighted by Crippen LogP contribution is -2.59. The molecular formula is C14H17FN2O. The first kappa shape index (κ1) is 11.7. The predicted octanol–water partition coefficient (Wildman–Crippen LogP) is 1.19. The van der Waals surface area contributed by atoms with Crippen molar-refractivity contribution in [1.29, 1.82) is 0 Å². The molecule has 0 radical (unpaired) electrons. The molecule has 2 fully saturated rings. The predicted molar refractivity (Wildman–Crippen MR) is 66.6 cm³/mol. The Bertz CT molecular complexity index is 461. The van der Waals surface area contributed by atoms with Gasteiger partial charge in [-0.25, -0.2) is 4.39 Å².